The number of nitrogens with one attached hydrogen (secondary N) is 1. The number of rotatable bonds is 8. The van der Waals surface area contributed by atoms with E-state index in [-0.39, 0.29) is 11.7 Å². The average molecular weight is 418 g/mol. The SMILES string of the molecule is Cc1cccc(OCCNC(=O)CSc2nnc(-c3ccc(Cl)cc3)n2N)c1. The lowest BCUT2D eigenvalue weighted by atomic mass is 10.2. The van der Waals surface area contributed by atoms with Crippen LogP contribution in [0.1, 0.15) is 5.56 Å². The van der Waals surface area contributed by atoms with Crippen LogP contribution in [-0.2, 0) is 4.79 Å². The van der Waals surface area contributed by atoms with Crippen LogP contribution in [0.2, 0.25) is 5.02 Å². The lowest BCUT2D eigenvalue weighted by Crippen LogP contribution is -2.29. The standard InChI is InChI=1S/C19H20ClN5O2S/c1-13-3-2-4-16(11-13)27-10-9-22-17(26)12-28-19-24-23-18(25(19)21)14-5-7-15(20)8-6-14/h2-8,11H,9-10,12,21H2,1H3,(H,22,26). The van der Waals surface area contributed by atoms with Gasteiger partial charge in [-0.25, -0.2) is 4.68 Å². The van der Waals surface area contributed by atoms with Crippen molar-refractivity contribution in [2.24, 2.45) is 0 Å². The minimum absolute atomic E-state index is 0.131. The highest BCUT2D eigenvalue weighted by atomic mass is 35.5. The number of halogens is 1. The third-order valence-corrected chi connectivity index (χ3v) is 4.98. The average Bonchev–Trinajstić information content (AvgIpc) is 3.05. The van der Waals surface area contributed by atoms with Crippen LogP contribution in [0, 0.1) is 6.92 Å². The van der Waals surface area contributed by atoms with Crippen LogP contribution in [0.15, 0.2) is 53.7 Å². The van der Waals surface area contributed by atoms with Crippen molar-refractivity contribution in [3.05, 3.63) is 59.1 Å². The maximum Gasteiger partial charge on any atom is 0.230 e. The van der Waals surface area contributed by atoms with Gasteiger partial charge < -0.3 is 15.9 Å². The van der Waals surface area contributed by atoms with Crippen molar-refractivity contribution in [1.29, 1.82) is 0 Å². The summed E-state index contributed by atoms with van der Waals surface area (Å²) in [7, 11) is 0. The molecule has 0 aliphatic rings. The maximum absolute atomic E-state index is 12.0. The fourth-order valence-electron chi connectivity index (χ4n) is 2.42. The minimum atomic E-state index is -0.131. The van der Waals surface area contributed by atoms with Crippen LogP contribution >= 0.6 is 23.4 Å². The third kappa shape index (κ3) is 5.40. The first-order chi connectivity index (χ1) is 13.5. The Labute approximate surface area is 172 Å². The van der Waals surface area contributed by atoms with E-state index >= 15 is 0 Å². The molecule has 1 amide bonds. The zero-order valence-corrected chi connectivity index (χ0v) is 16.8. The molecule has 0 radical (unpaired) electrons. The van der Waals surface area contributed by atoms with Crippen LogP contribution < -0.4 is 15.9 Å². The Kier molecular flexibility index (Phi) is 6.78. The van der Waals surface area contributed by atoms with E-state index in [0.717, 1.165) is 16.9 Å². The van der Waals surface area contributed by atoms with Crippen LogP contribution in [0.3, 0.4) is 0 Å². The fourth-order valence-corrected chi connectivity index (χ4v) is 3.23. The predicted octanol–water partition coefficient (Wildman–Crippen LogP) is 2.91. The fraction of sp³-hybridized carbons (Fsp3) is 0.211. The van der Waals surface area contributed by atoms with Crippen molar-refractivity contribution in [3.63, 3.8) is 0 Å². The monoisotopic (exact) mass is 417 g/mol. The second-order valence-electron chi connectivity index (χ2n) is 5.99. The van der Waals surface area contributed by atoms with Crippen molar-refractivity contribution in [1.82, 2.24) is 20.2 Å². The van der Waals surface area contributed by atoms with E-state index in [0.29, 0.717) is 29.2 Å². The molecule has 0 spiro atoms. The molecule has 3 N–H and O–H groups in total. The number of aromatic nitrogens is 3. The number of hydrogen-bond donors (Lipinski definition) is 2. The molecule has 0 saturated heterocycles. The van der Waals surface area contributed by atoms with Gasteiger partial charge in [0.1, 0.15) is 12.4 Å². The largest absolute Gasteiger partial charge is 0.492 e. The van der Waals surface area contributed by atoms with E-state index in [9.17, 15) is 4.79 Å². The molecule has 2 aromatic carbocycles. The van der Waals surface area contributed by atoms with Crippen LogP contribution in [0.4, 0.5) is 0 Å². The number of nitrogens with two attached hydrogens (primary N) is 1. The van der Waals surface area contributed by atoms with E-state index < -0.39 is 0 Å². The Balaban J connectivity index is 1.44. The number of ether oxygens (including phenoxy) is 1. The normalized spacial score (nSPS) is 10.6. The van der Waals surface area contributed by atoms with E-state index in [4.69, 9.17) is 22.2 Å². The number of hydrogen-bond acceptors (Lipinski definition) is 6. The molecule has 0 saturated carbocycles. The molecule has 0 atom stereocenters. The van der Waals surface area contributed by atoms with Crippen LogP contribution in [-0.4, -0.2) is 39.7 Å². The first-order valence-electron chi connectivity index (χ1n) is 8.58. The van der Waals surface area contributed by atoms with Gasteiger partial charge in [-0.3, -0.25) is 4.79 Å². The van der Waals surface area contributed by atoms with Gasteiger partial charge in [-0.15, -0.1) is 10.2 Å². The summed E-state index contributed by atoms with van der Waals surface area (Å²) in [6.07, 6.45) is 0. The molecule has 3 rings (SSSR count). The summed E-state index contributed by atoms with van der Waals surface area (Å²) >= 11 is 7.11. The maximum atomic E-state index is 12.0. The molecule has 0 aliphatic carbocycles. The molecule has 3 aromatic rings. The molecule has 0 aliphatic heterocycles. The number of benzene rings is 2. The minimum Gasteiger partial charge on any atom is -0.492 e. The van der Waals surface area contributed by atoms with E-state index in [1.165, 1.54) is 16.4 Å². The number of aryl methyl sites for hydroxylation is 1. The summed E-state index contributed by atoms with van der Waals surface area (Å²) in [5.41, 5.74) is 1.92. The number of carbonyl (C=O) groups excluding carboxylic acids is 1. The highest BCUT2D eigenvalue weighted by Gasteiger charge is 2.13. The van der Waals surface area contributed by atoms with Crippen molar-refractivity contribution in [2.75, 3.05) is 24.7 Å². The summed E-state index contributed by atoms with van der Waals surface area (Å²) in [4.78, 5) is 12.0. The highest BCUT2D eigenvalue weighted by molar-refractivity contribution is 7.99. The third-order valence-electron chi connectivity index (χ3n) is 3.78. The highest BCUT2D eigenvalue weighted by Crippen LogP contribution is 2.22. The van der Waals surface area contributed by atoms with Crippen molar-refractivity contribution >= 4 is 29.3 Å². The molecular formula is C19H20ClN5O2S. The number of nitrogens with zero attached hydrogens (tertiary/aromatic N) is 3. The van der Waals surface area contributed by atoms with Gasteiger partial charge in [0.05, 0.1) is 12.3 Å². The van der Waals surface area contributed by atoms with Gasteiger partial charge in [-0.2, -0.15) is 0 Å². The summed E-state index contributed by atoms with van der Waals surface area (Å²) < 4.78 is 6.97. The zero-order chi connectivity index (χ0) is 19.9. The summed E-state index contributed by atoms with van der Waals surface area (Å²) in [5.74, 6) is 7.39. The predicted molar refractivity (Wildman–Crippen MR) is 111 cm³/mol. The van der Waals surface area contributed by atoms with E-state index in [1.54, 1.807) is 12.1 Å². The molecule has 1 aromatic heterocycles. The zero-order valence-electron chi connectivity index (χ0n) is 15.3. The Morgan fingerprint density at radius 1 is 1.25 bits per heavy atom. The Morgan fingerprint density at radius 3 is 2.79 bits per heavy atom. The molecule has 0 fully saturated rings. The van der Waals surface area contributed by atoms with Gasteiger partial charge in [-0.05, 0) is 48.9 Å². The smallest absolute Gasteiger partial charge is 0.230 e. The van der Waals surface area contributed by atoms with Gasteiger partial charge in [0, 0.05) is 10.6 Å². The van der Waals surface area contributed by atoms with Crippen molar-refractivity contribution in [2.45, 2.75) is 12.1 Å². The molecular weight excluding hydrogens is 398 g/mol. The van der Waals surface area contributed by atoms with Gasteiger partial charge in [0.25, 0.3) is 0 Å². The Hall–Kier alpha value is -2.71. The second-order valence-corrected chi connectivity index (χ2v) is 7.37. The number of thioether (sulfide) groups is 1. The molecule has 0 unspecified atom stereocenters. The quantitative estimate of drug-likeness (QED) is 0.332. The Bertz CT molecular complexity index is 946. The number of carbonyl (C=O) groups is 1. The molecule has 7 nitrogen and oxygen atoms in total. The lowest BCUT2D eigenvalue weighted by Gasteiger charge is -2.08. The molecule has 9 heteroatoms. The molecule has 0 bridgehead atoms. The molecule has 146 valence electrons. The first-order valence-corrected chi connectivity index (χ1v) is 9.94. The Morgan fingerprint density at radius 2 is 2.04 bits per heavy atom. The van der Waals surface area contributed by atoms with Crippen LogP contribution in [0.25, 0.3) is 11.4 Å². The number of amides is 1. The summed E-state index contributed by atoms with van der Waals surface area (Å²) in [5, 5.41) is 12.0. The topological polar surface area (TPSA) is 95.1 Å². The van der Waals surface area contributed by atoms with Gasteiger partial charge in [0.15, 0.2) is 5.82 Å². The van der Waals surface area contributed by atoms with Gasteiger partial charge in [0.2, 0.25) is 11.1 Å². The molecule has 1 heterocycles. The van der Waals surface area contributed by atoms with Gasteiger partial charge >= 0.3 is 0 Å². The lowest BCUT2D eigenvalue weighted by molar-refractivity contribution is -0.118. The number of nitrogen functional groups attached to an aromatic ring is 1. The van der Waals surface area contributed by atoms with Crippen LogP contribution in [0.5, 0.6) is 5.75 Å². The van der Waals surface area contributed by atoms with Crippen molar-refractivity contribution < 1.29 is 9.53 Å². The van der Waals surface area contributed by atoms with Crippen molar-refractivity contribution in [3.8, 4) is 17.1 Å². The molecule has 28 heavy (non-hydrogen) atoms. The first kappa shape index (κ1) is 20.0. The van der Waals surface area contributed by atoms with Gasteiger partial charge in [-0.1, -0.05) is 35.5 Å². The summed E-state index contributed by atoms with van der Waals surface area (Å²) in [6.45, 7) is 2.81. The second kappa shape index (κ2) is 9.48. The van der Waals surface area contributed by atoms with E-state index in [2.05, 4.69) is 15.5 Å². The summed E-state index contributed by atoms with van der Waals surface area (Å²) in [6, 6.07) is 14.9. The van der Waals surface area contributed by atoms with E-state index in [1.807, 2.05) is 43.3 Å².